The maximum Gasteiger partial charge on any atom is 0.275 e. The first kappa shape index (κ1) is 18.0. The van der Waals surface area contributed by atoms with Gasteiger partial charge in [-0.3, -0.25) is 9.69 Å². The predicted octanol–water partition coefficient (Wildman–Crippen LogP) is 3.12. The number of halogens is 1. The number of methoxy groups -OCH3 is 1. The van der Waals surface area contributed by atoms with Crippen LogP contribution in [-0.2, 0) is 19.5 Å². The smallest absolute Gasteiger partial charge is 0.275 e. The third-order valence-electron chi connectivity index (χ3n) is 3.76. The number of rotatable bonds is 6. The Hall–Kier alpha value is -1.77. The zero-order valence-corrected chi connectivity index (χ0v) is 16.7. The molecule has 6 nitrogen and oxygen atoms in total. The molecule has 0 spiro atoms. The number of benzene rings is 1. The molecule has 0 aliphatic rings. The second-order valence-electron chi connectivity index (χ2n) is 5.76. The fraction of sp³-hybridized carbons (Fsp3) is 0.353. The number of hydrogen-bond donors (Lipinski definition) is 0. The molecule has 0 aliphatic carbocycles. The second-order valence-corrected chi connectivity index (χ2v) is 7.71. The van der Waals surface area contributed by atoms with Crippen LogP contribution in [0.1, 0.15) is 23.2 Å². The molecule has 0 saturated carbocycles. The van der Waals surface area contributed by atoms with Crippen LogP contribution in [0.5, 0.6) is 5.75 Å². The topological polar surface area (TPSA) is 59.7 Å². The average Bonchev–Trinajstić information content (AvgIpc) is 2.99. The number of aryl methyl sites for hydroxylation is 1. The van der Waals surface area contributed by atoms with Gasteiger partial charge in [-0.05, 0) is 31.7 Å². The fourth-order valence-electron chi connectivity index (χ4n) is 2.61. The highest BCUT2D eigenvalue weighted by Gasteiger charge is 2.12. The number of aromatic nitrogens is 3. The van der Waals surface area contributed by atoms with Gasteiger partial charge < -0.3 is 4.74 Å². The van der Waals surface area contributed by atoms with Crippen molar-refractivity contribution in [3.8, 4) is 5.75 Å². The van der Waals surface area contributed by atoms with Crippen molar-refractivity contribution < 1.29 is 4.74 Å². The van der Waals surface area contributed by atoms with Crippen LogP contribution in [-0.4, -0.2) is 33.7 Å². The highest BCUT2D eigenvalue weighted by molar-refractivity contribution is 9.10. The van der Waals surface area contributed by atoms with Gasteiger partial charge in [-0.1, -0.05) is 34.2 Å². The number of ether oxygens (including phenoxy) is 1. The Morgan fingerprint density at radius 2 is 2.12 bits per heavy atom. The van der Waals surface area contributed by atoms with Crippen LogP contribution >= 0.6 is 27.3 Å². The van der Waals surface area contributed by atoms with Crippen molar-refractivity contribution >= 4 is 32.2 Å². The van der Waals surface area contributed by atoms with Crippen molar-refractivity contribution in [3.63, 3.8) is 0 Å². The zero-order chi connectivity index (χ0) is 18.0. The van der Waals surface area contributed by atoms with Crippen LogP contribution in [0, 0.1) is 0 Å². The number of fused-ring (bicyclic) bond motifs is 1. The Bertz CT molecular complexity index is 953. The summed E-state index contributed by atoms with van der Waals surface area (Å²) in [7, 11) is 3.66. The van der Waals surface area contributed by atoms with Crippen LogP contribution in [0.25, 0.3) is 4.96 Å². The maximum absolute atomic E-state index is 12.2. The van der Waals surface area contributed by atoms with Crippen molar-refractivity contribution in [2.24, 2.45) is 0 Å². The number of nitrogens with zero attached hydrogens (tertiary/aromatic N) is 4. The number of hydrogen-bond acceptors (Lipinski definition) is 6. The summed E-state index contributed by atoms with van der Waals surface area (Å²) in [6.45, 7) is 3.27. The molecule has 0 unspecified atom stereocenters. The molecule has 0 saturated heterocycles. The molecule has 2 heterocycles. The Labute approximate surface area is 158 Å². The molecule has 25 heavy (non-hydrogen) atoms. The molecule has 0 amide bonds. The molecule has 0 bridgehead atoms. The molecule has 3 rings (SSSR count). The average molecular weight is 423 g/mol. The van der Waals surface area contributed by atoms with Crippen molar-refractivity contribution in [3.05, 3.63) is 55.4 Å². The molecule has 8 heteroatoms. The quantitative estimate of drug-likeness (QED) is 0.610. The lowest BCUT2D eigenvalue weighted by atomic mass is 10.2. The van der Waals surface area contributed by atoms with E-state index < -0.39 is 0 Å². The first-order chi connectivity index (χ1) is 12.0. The van der Waals surface area contributed by atoms with Crippen molar-refractivity contribution in [1.29, 1.82) is 0 Å². The van der Waals surface area contributed by atoms with E-state index in [0.29, 0.717) is 18.1 Å². The summed E-state index contributed by atoms with van der Waals surface area (Å²) in [6.07, 6.45) is 0.797. The molecular weight excluding hydrogens is 404 g/mol. The van der Waals surface area contributed by atoms with E-state index in [1.54, 1.807) is 13.2 Å². The van der Waals surface area contributed by atoms with E-state index in [4.69, 9.17) is 4.74 Å². The van der Waals surface area contributed by atoms with Crippen LogP contribution in [0.2, 0.25) is 0 Å². The van der Waals surface area contributed by atoms with Gasteiger partial charge in [0.1, 0.15) is 10.8 Å². The van der Waals surface area contributed by atoms with Gasteiger partial charge in [0.2, 0.25) is 4.96 Å². The summed E-state index contributed by atoms with van der Waals surface area (Å²) in [5, 5.41) is 5.19. The molecule has 3 aromatic rings. The third-order valence-corrected chi connectivity index (χ3v) is 5.30. The largest absolute Gasteiger partial charge is 0.496 e. The highest BCUT2D eigenvalue weighted by Crippen LogP contribution is 2.24. The van der Waals surface area contributed by atoms with Gasteiger partial charge in [-0.15, -0.1) is 0 Å². The summed E-state index contributed by atoms with van der Waals surface area (Å²) in [5.41, 5.74) is 1.68. The van der Waals surface area contributed by atoms with Gasteiger partial charge in [0.05, 0.1) is 12.8 Å². The van der Waals surface area contributed by atoms with Gasteiger partial charge >= 0.3 is 0 Å². The Balaban J connectivity index is 1.81. The van der Waals surface area contributed by atoms with Crippen LogP contribution in [0.3, 0.4) is 0 Å². The molecular formula is C17H19BrN4O2S. The summed E-state index contributed by atoms with van der Waals surface area (Å²) < 4.78 is 7.81. The van der Waals surface area contributed by atoms with E-state index in [2.05, 4.69) is 30.9 Å². The SMILES string of the molecule is CCc1nn2c(=O)cc(CN(C)Cc3cc(Br)ccc3OC)nc2s1. The first-order valence-corrected chi connectivity index (χ1v) is 9.50. The molecule has 1 aromatic carbocycles. The first-order valence-electron chi connectivity index (χ1n) is 7.89. The Morgan fingerprint density at radius 1 is 1.32 bits per heavy atom. The van der Waals surface area contributed by atoms with Gasteiger partial charge in [0, 0.05) is 29.2 Å². The molecule has 0 atom stereocenters. The van der Waals surface area contributed by atoms with E-state index >= 15 is 0 Å². The fourth-order valence-corrected chi connectivity index (χ4v) is 3.88. The monoisotopic (exact) mass is 422 g/mol. The van der Waals surface area contributed by atoms with Gasteiger partial charge in [0.25, 0.3) is 5.56 Å². The second kappa shape index (κ2) is 7.63. The van der Waals surface area contributed by atoms with Crippen molar-refractivity contribution in [2.45, 2.75) is 26.4 Å². The van der Waals surface area contributed by atoms with Crippen molar-refractivity contribution in [1.82, 2.24) is 19.5 Å². The summed E-state index contributed by atoms with van der Waals surface area (Å²) >= 11 is 4.95. The van der Waals surface area contributed by atoms with E-state index in [-0.39, 0.29) is 5.56 Å². The normalized spacial score (nSPS) is 11.4. The zero-order valence-electron chi connectivity index (χ0n) is 14.3. The summed E-state index contributed by atoms with van der Waals surface area (Å²) in [6, 6.07) is 7.49. The Morgan fingerprint density at radius 3 is 2.84 bits per heavy atom. The van der Waals surface area contributed by atoms with E-state index in [1.807, 2.05) is 32.2 Å². The molecule has 0 fully saturated rings. The standard InChI is InChI=1S/C17H19BrN4O2S/c1-4-15-20-22-16(23)8-13(19-17(22)25-15)10-21(2)9-11-7-12(18)5-6-14(11)24-3/h5-8H,4,9-10H2,1-3H3. The molecule has 0 aliphatic heterocycles. The summed E-state index contributed by atoms with van der Waals surface area (Å²) in [5.74, 6) is 0.841. The minimum Gasteiger partial charge on any atom is -0.496 e. The van der Waals surface area contributed by atoms with Gasteiger partial charge in [-0.2, -0.15) is 9.61 Å². The minimum absolute atomic E-state index is 0.135. The predicted molar refractivity (Wildman–Crippen MR) is 102 cm³/mol. The van der Waals surface area contributed by atoms with Crippen LogP contribution < -0.4 is 10.3 Å². The van der Waals surface area contributed by atoms with E-state index in [9.17, 15) is 4.79 Å². The molecule has 132 valence electrons. The molecule has 0 N–H and O–H groups in total. The minimum atomic E-state index is -0.135. The molecule has 2 aromatic heterocycles. The van der Waals surface area contributed by atoms with Crippen molar-refractivity contribution in [2.75, 3.05) is 14.2 Å². The Kier molecular flexibility index (Phi) is 5.51. The molecule has 0 radical (unpaired) electrons. The van der Waals surface area contributed by atoms with Gasteiger partial charge in [0.15, 0.2) is 0 Å². The third kappa shape index (κ3) is 4.08. The van der Waals surface area contributed by atoms with Crippen LogP contribution in [0.15, 0.2) is 33.5 Å². The highest BCUT2D eigenvalue weighted by atomic mass is 79.9. The summed E-state index contributed by atoms with van der Waals surface area (Å²) in [4.78, 5) is 19.6. The van der Waals surface area contributed by atoms with E-state index in [0.717, 1.165) is 32.9 Å². The van der Waals surface area contributed by atoms with Gasteiger partial charge in [-0.25, -0.2) is 4.98 Å². The van der Waals surface area contributed by atoms with E-state index in [1.165, 1.54) is 15.9 Å². The lowest BCUT2D eigenvalue weighted by molar-refractivity contribution is 0.306. The maximum atomic E-state index is 12.2. The van der Waals surface area contributed by atoms with Crippen LogP contribution in [0.4, 0.5) is 0 Å². The lowest BCUT2D eigenvalue weighted by Crippen LogP contribution is -2.22. The lowest BCUT2D eigenvalue weighted by Gasteiger charge is -2.18.